The smallest absolute Gasteiger partial charge is 0.303 e. The Morgan fingerprint density at radius 1 is 1.38 bits per heavy atom. The van der Waals surface area contributed by atoms with Crippen molar-refractivity contribution in [2.24, 2.45) is 0 Å². The number of ether oxygens (including phenoxy) is 1. The number of carboxylic acids is 1. The number of nitro benzene ring substituents is 1. The quantitative estimate of drug-likeness (QED) is 0.552. The molecule has 0 aliphatic rings. The lowest BCUT2D eigenvalue weighted by atomic mass is 10.2. The standard InChI is InChI=1S/C13H16N2O6/c1-9(2-7-13(17)18)14-12(16)8-21-11-5-3-10(4-6-11)15(19)20/h3-6,9H,2,7-8H2,1H3,(H,14,16)(H,17,18). The van der Waals surface area contributed by atoms with Crippen LogP contribution in [0.3, 0.4) is 0 Å². The van der Waals surface area contributed by atoms with Gasteiger partial charge in [0.05, 0.1) is 4.92 Å². The third-order valence-corrected chi connectivity index (χ3v) is 2.62. The molecule has 0 saturated heterocycles. The zero-order valence-corrected chi connectivity index (χ0v) is 11.4. The lowest BCUT2D eigenvalue weighted by Gasteiger charge is -2.13. The van der Waals surface area contributed by atoms with Crippen LogP contribution in [0.5, 0.6) is 5.75 Å². The van der Waals surface area contributed by atoms with E-state index in [0.717, 1.165) is 0 Å². The predicted octanol–water partition coefficient (Wildman–Crippen LogP) is 1.34. The van der Waals surface area contributed by atoms with E-state index >= 15 is 0 Å². The number of nitrogens with zero attached hydrogens (tertiary/aromatic N) is 1. The Balaban J connectivity index is 2.35. The number of non-ortho nitro benzene ring substituents is 1. The molecule has 0 heterocycles. The SMILES string of the molecule is CC(CCC(=O)O)NC(=O)COc1ccc([N+](=O)[O-])cc1. The molecule has 0 radical (unpaired) electrons. The summed E-state index contributed by atoms with van der Waals surface area (Å²) in [6.07, 6.45) is 0.309. The summed E-state index contributed by atoms with van der Waals surface area (Å²) >= 11 is 0. The minimum absolute atomic E-state index is 0.0232. The second-order valence-electron chi connectivity index (χ2n) is 4.44. The van der Waals surface area contributed by atoms with E-state index in [-0.39, 0.29) is 30.7 Å². The van der Waals surface area contributed by atoms with Crippen molar-refractivity contribution >= 4 is 17.6 Å². The molecule has 0 spiro atoms. The van der Waals surface area contributed by atoms with Crippen LogP contribution in [0.15, 0.2) is 24.3 Å². The first-order chi connectivity index (χ1) is 9.88. The Morgan fingerprint density at radius 3 is 2.52 bits per heavy atom. The number of nitro groups is 1. The second-order valence-corrected chi connectivity index (χ2v) is 4.44. The molecule has 1 aromatic carbocycles. The Morgan fingerprint density at radius 2 is 2.00 bits per heavy atom. The zero-order valence-electron chi connectivity index (χ0n) is 11.4. The van der Waals surface area contributed by atoms with Crippen molar-refractivity contribution < 1.29 is 24.4 Å². The molecule has 0 aliphatic heterocycles. The van der Waals surface area contributed by atoms with Crippen LogP contribution in [0.1, 0.15) is 19.8 Å². The van der Waals surface area contributed by atoms with Gasteiger partial charge in [-0.15, -0.1) is 0 Å². The number of carbonyl (C=O) groups excluding carboxylic acids is 1. The lowest BCUT2D eigenvalue weighted by Crippen LogP contribution is -2.36. The van der Waals surface area contributed by atoms with Crippen LogP contribution in [-0.4, -0.2) is 34.6 Å². The number of benzene rings is 1. The molecule has 1 amide bonds. The van der Waals surface area contributed by atoms with E-state index in [9.17, 15) is 19.7 Å². The number of amides is 1. The number of hydrogen-bond donors (Lipinski definition) is 2. The summed E-state index contributed by atoms with van der Waals surface area (Å²) in [6, 6.07) is 5.10. The molecule has 1 unspecified atom stereocenters. The van der Waals surface area contributed by atoms with Gasteiger partial charge in [-0.1, -0.05) is 0 Å². The summed E-state index contributed by atoms with van der Waals surface area (Å²) in [4.78, 5) is 31.9. The Bertz CT molecular complexity index is 514. The number of aliphatic carboxylic acids is 1. The highest BCUT2D eigenvalue weighted by atomic mass is 16.6. The van der Waals surface area contributed by atoms with Gasteiger partial charge in [0.2, 0.25) is 0 Å². The Kier molecular flexibility index (Phi) is 6.12. The second kappa shape index (κ2) is 7.83. The van der Waals surface area contributed by atoms with Gasteiger partial charge in [-0.3, -0.25) is 19.7 Å². The van der Waals surface area contributed by atoms with Crippen molar-refractivity contribution in [2.45, 2.75) is 25.8 Å². The number of nitrogens with one attached hydrogen (secondary N) is 1. The van der Waals surface area contributed by atoms with Crippen molar-refractivity contribution in [3.05, 3.63) is 34.4 Å². The third kappa shape index (κ3) is 6.37. The van der Waals surface area contributed by atoms with Gasteiger partial charge in [0.25, 0.3) is 11.6 Å². The van der Waals surface area contributed by atoms with Crippen LogP contribution < -0.4 is 10.1 Å². The van der Waals surface area contributed by atoms with E-state index in [2.05, 4.69) is 5.32 Å². The molecule has 0 bridgehead atoms. The summed E-state index contributed by atoms with van der Waals surface area (Å²) in [5, 5.41) is 21.6. The molecule has 114 valence electrons. The summed E-state index contributed by atoms with van der Waals surface area (Å²) in [5.74, 6) is -0.960. The first-order valence-corrected chi connectivity index (χ1v) is 6.27. The van der Waals surface area contributed by atoms with Crippen molar-refractivity contribution in [1.29, 1.82) is 0 Å². The zero-order chi connectivity index (χ0) is 15.8. The molecule has 21 heavy (non-hydrogen) atoms. The van der Waals surface area contributed by atoms with Gasteiger partial charge in [0, 0.05) is 24.6 Å². The highest BCUT2D eigenvalue weighted by Gasteiger charge is 2.10. The monoisotopic (exact) mass is 296 g/mol. The molecule has 1 rings (SSSR count). The van der Waals surface area contributed by atoms with Crippen molar-refractivity contribution in [1.82, 2.24) is 5.32 Å². The highest BCUT2D eigenvalue weighted by molar-refractivity contribution is 5.77. The van der Waals surface area contributed by atoms with E-state index < -0.39 is 10.9 Å². The maximum atomic E-state index is 11.6. The molecule has 0 aromatic heterocycles. The van der Waals surface area contributed by atoms with E-state index in [1.807, 2.05) is 0 Å². The summed E-state index contributed by atoms with van der Waals surface area (Å²) < 4.78 is 5.18. The van der Waals surface area contributed by atoms with Crippen LogP contribution in [0.2, 0.25) is 0 Å². The van der Waals surface area contributed by atoms with Crippen molar-refractivity contribution in [3.63, 3.8) is 0 Å². The van der Waals surface area contributed by atoms with E-state index in [4.69, 9.17) is 9.84 Å². The molecule has 2 N–H and O–H groups in total. The summed E-state index contributed by atoms with van der Waals surface area (Å²) in [7, 11) is 0. The maximum absolute atomic E-state index is 11.6. The van der Waals surface area contributed by atoms with Gasteiger partial charge in [-0.05, 0) is 25.5 Å². The molecular weight excluding hydrogens is 280 g/mol. The van der Waals surface area contributed by atoms with E-state index in [1.54, 1.807) is 6.92 Å². The van der Waals surface area contributed by atoms with Crippen LogP contribution in [0, 0.1) is 10.1 Å². The number of hydrogen-bond acceptors (Lipinski definition) is 5. The van der Waals surface area contributed by atoms with Gasteiger partial charge in [-0.2, -0.15) is 0 Å². The van der Waals surface area contributed by atoms with Gasteiger partial charge in [-0.25, -0.2) is 0 Å². The van der Waals surface area contributed by atoms with Gasteiger partial charge in [0.15, 0.2) is 6.61 Å². The van der Waals surface area contributed by atoms with E-state index in [1.165, 1.54) is 24.3 Å². The Hall–Kier alpha value is -2.64. The fourth-order valence-electron chi connectivity index (χ4n) is 1.54. The van der Waals surface area contributed by atoms with Gasteiger partial charge >= 0.3 is 5.97 Å². The molecule has 1 atom stereocenters. The molecule has 8 nitrogen and oxygen atoms in total. The van der Waals surface area contributed by atoms with E-state index in [0.29, 0.717) is 12.2 Å². The predicted molar refractivity (Wildman–Crippen MR) is 73.1 cm³/mol. The van der Waals surface area contributed by atoms with Crippen LogP contribution in [0.4, 0.5) is 5.69 Å². The summed E-state index contributed by atoms with van der Waals surface area (Å²) in [5.41, 5.74) is -0.0610. The Labute approximate surface area is 120 Å². The topological polar surface area (TPSA) is 119 Å². The number of rotatable bonds is 8. The van der Waals surface area contributed by atoms with Gasteiger partial charge < -0.3 is 15.2 Å². The minimum atomic E-state index is -0.918. The molecule has 8 heteroatoms. The van der Waals surface area contributed by atoms with Crippen LogP contribution in [0.25, 0.3) is 0 Å². The number of carbonyl (C=O) groups is 2. The largest absolute Gasteiger partial charge is 0.484 e. The fourth-order valence-corrected chi connectivity index (χ4v) is 1.54. The average Bonchev–Trinajstić information content (AvgIpc) is 2.43. The van der Waals surface area contributed by atoms with Crippen LogP contribution in [-0.2, 0) is 9.59 Å². The molecular formula is C13H16N2O6. The van der Waals surface area contributed by atoms with Crippen molar-refractivity contribution in [3.8, 4) is 5.75 Å². The minimum Gasteiger partial charge on any atom is -0.484 e. The first-order valence-electron chi connectivity index (χ1n) is 6.27. The molecule has 0 aliphatic carbocycles. The van der Waals surface area contributed by atoms with Crippen molar-refractivity contribution in [2.75, 3.05) is 6.61 Å². The third-order valence-electron chi connectivity index (χ3n) is 2.62. The molecule has 0 fully saturated rings. The average molecular weight is 296 g/mol. The number of carboxylic acid groups (broad SMARTS) is 1. The first kappa shape index (κ1) is 16.4. The van der Waals surface area contributed by atoms with Crippen LogP contribution >= 0.6 is 0 Å². The summed E-state index contributed by atoms with van der Waals surface area (Å²) in [6.45, 7) is 1.46. The highest BCUT2D eigenvalue weighted by Crippen LogP contribution is 2.17. The fraction of sp³-hybridized carbons (Fsp3) is 0.385. The lowest BCUT2D eigenvalue weighted by molar-refractivity contribution is -0.384. The molecule has 0 saturated carbocycles. The van der Waals surface area contributed by atoms with Gasteiger partial charge in [0.1, 0.15) is 5.75 Å². The maximum Gasteiger partial charge on any atom is 0.303 e. The molecule has 1 aromatic rings. The normalized spacial score (nSPS) is 11.5.